The summed E-state index contributed by atoms with van der Waals surface area (Å²) in [6.07, 6.45) is 0. The molecular weight excluding hydrogens is 244 g/mol. The standard InChI is InChI=1S/C19H14O/c1-13-7-5-11-16-18-15(14-8-3-2-4-9-14)10-6-12-17(18)20-19(13)16/h2-12H,1H3/i2D,3D,4D,5D,6D,7D,8D,9D,10D,11D,12D. The summed E-state index contributed by atoms with van der Waals surface area (Å²) in [5.74, 6) is 0. The average molecular weight is 269 g/mol. The summed E-state index contributed by atoms with van der Waals surface area (Å²) in [4.78, 5) is 0. The van der Waals surface area contributed by atoms with Gasteiger partial charge in [-0.05, 0) is 29.7 Å². The molecule has 4 aromatic rings. The van der Waals surface area contributed by atoms with Gasteiger partial charge in [0.1, 0.15) is 11.2 Å². The summed E-state index contributed by atoms with van der Waals surface area (Å²) in [7, 11) is 0. The Bertz CT molecular complexity index is 1420. The third-order valence-electron chi connectivity index (χ3n) is 3.05. The highest BCUT2D eigenvalue weighted by Crippen LogP contribution is 2.37. The lowest BCUT2D eigenvalue weighted by Gasteiger charge is -2.03. The molecule has 0 fully saturated rings. The molecule has 1 aromatic heterocycles. The van der Waals surface area contributed by atoms with Gasteiger partial charge in [0.15, 0.2) is 0 Å². The van der Waals surface area contributed by atoms with Crippen LogP contribution in [-0.2, 0) is 0 Å². The van der Waals surface area contributed by atoms with Gasteiger partial charge in [0.25, 0.3) is 0 Å². The molecule has 0 unspecified atom stereocenters. The van der Waals surface area contributed by atoms with E-state index in [1.807, 2.05) is 0 Å². The fraction of sp³-hybridized carbons (Fsp3) is 0.0526. The Morgan fingerprint density at radius 3 is 2.50 bits per heavy atom. The minimum atomic E-state index is -0.630. The predicted molar refractivity (Wildman–Crippen MR) is 83.9 cm³/mol. The van der Waals surface area contributed by atoms with Gasteiger partial charge in [-0.3, -0.25) is 0 Å². The lowest BCUT2D eigenvalue weighted by atomic mass is 9.99. The van der Waals surface area contributed by atoms with Gasteiger partial charge in [-0.2, -0.15) is 0 Å². The zero-order valence-electron chi connectivity index (χ0n) is 21.4. The summed E-state index contributed by atoms with van der Waals surface area (Å²) in [5.41, 5.74) is -0.559. The van der Waals surface area contributed by atoms with Crippen LogP contribution in [0.15, 0.2) is 70.9 Å². The van der Waals surface area contributed by atoms with Crippen LogP contribution in [0.25, 0.3) is 33.1 Å². The maximum atomic E-state index is 8.45. The van der Waals surface area contributed by atoms with Crippen LogP contribution in [0.1, 0.15) is 20.6 Å². The number of aryl methyl sites for hydroxylation is 1. The van der Waals surface area contributed by atoms with Crippen LogP contribution in [0.3, 0.4) is 0 Å². The Kier molecular flexibility index (Phi) is 1.01. The summed E-state index contributed by atoms with van der Waals surface area (Å²) in [5, 5.41) is -0.0570. The molecule has 96 valence electrons. The van der Waals surface area contributed by atoms with Crippen molar-refractivity contribution in [1.29, 1.82) is 0 Å². The van der Waals surface area contributed by atoms with Crippen LogP contribution in [-0.4, -0.2) is 0 Å². The monoisotopic (exact) mass is 269 g/mol. The molecule has 1 heterocycles. The molecule has 20 heavy (non-hydrogen) atoms. The Balaban J connectivity index is 2.40. The number of hydrogen-bond acceptors (Lipinski definition) is 1. The van der Waals surface area contributed by atoms with Crippen molar-refractivity contribution in [2.45, 2.75) is 6.92 Å². The molecule has 1 heteroatoms. The highest BCUT2D eigenvalue weighted by atomic mass is 16.3. The molecule has 0 spiro atoms. The molecule has 0 aliphatic heterocycles. The minimum absolute atomic E-state index is 0.00249. The van der Waals surface area contributed by atoms with Crippen molar-refractivity contribution in [3.05, 3.63) is 72.0 Å². The molecule has 0 aliphatic rings. The average Bonchev–Trinajstić information content (AvgIpc) is 3.14. The van der Waals surface area contributed by atoms with E-state index in [0.29, 0.717) is 0 Å². The Labute approximate surface area is 132 Å². The maximum absolute atomic E-state index is 8.45. The predicted octanol–water partition coefficient (Wildman–Crippen LogP) is 5.56. The normalized spacial score (nSPS) is 18.9. The summed E-state index contributed by atoms with van der Waals surface area (Å²) >= 11 is 0. The van der Waals surface area contributed by atoms with Crippen molar-refractivity contribution in [2.75, 3.05) is 0 Å². The Morgan fingerprint density at radius 2 is 1.65 bits per heavy atom. The van der Waals surface area contributed by atoms with E-state index < -0.39 is 60.4 Å². The van der Waals surface area contributed by atoms with Gasteiger partial charge in [0.05, 0.1) is 15.1 Å². The summed E-state index contributed by atoms with van der Waals surface area (Å²) in [6.45, 7) is 1.50. The highest BCUT2D eigenvalue weighted by molar-refractivity contribution is 6.12. The van der Waals surface area contributed by atoms with E-state index in [0.717, 1.165) is 0 Å². The quantitative estimate of drug-likeness (QED) is 0.441. The molecule has 0 aliphatic carbocycles. The minimum Gasteiger partial charge on any atom is -0.456 e. The summed E-state index contributed by atoms with van der Waals surface area (Å²) in [6, 6.07) is -5.74. The molecule has 0 amide bonds. The Morgan fingerprint density at radius 1 is 0.850 bits per heavy atom. The van der Waals surface area contributed by atoms with Crippen LogP contribution in [0.2, 0.25) is 0 Å². The SMILES string of the molecule is [2H]c1c([2H])c([2H])c(-c2c([2H])c([2H])c([2H])c3oc4c(C)c([2H])c([2H])c([2H])c4c23)c([2H])c1[2H]. The number of hydrogen-bond donors (Lipinski definition) is 0. The Hall–Kier alpha value is -2.54. The smallest absolute Gasteiger partial charge is 0.138 e. The highest BCUT2D eigenvalue weighted by Gasteiger charge is 2.12. The van der Waals surface area contributed by atoms with Gasteiger partial charge in [-0.1, -0.05) is 60.4 Å². The molecule has 0 atom stereocenters. The van der Waals surface area contributed by atoms with E-state index >= 15 is 0 Å². The van der Waals surface area contributed by atoms with Crippen molar-refractivity contribution < 1.29 is 19.5 Å². The van der Waals surface area contributed by atoms with Crippen molar-refractivity contribution in [3.63, 3.8) is 0 Å². The van der Waals surface area contributed by atoms with Gasteiger partial charge in [-0.25, -0.2) is 0 Å². The zero-order chi connectivity index (χ0) is 23.1. The van der Waals surface area contributed by atoms with Crippen LogP contribution < -0.4 is 0 Å². The van der Waals surface area contributed by atoms with Crippen LogP contribution in [0, 0.1) is 6.92 Å². The first kappa shape index (κ1) is 4.78. The van der Waals surface area contributed by atoms with E-state index in [4.69, 9.17) is 19.5 Å². The number of furan rings is 1. The van der Waals surface area contributed by atoms with Gasteiger partial charge in [0.2, 0.25) is 0 Å². The maximum Gasteiger partial charge on any atom is 0.138 e. The number of rotatable bonds is 1. The van der Waals surface area contributed by atoms with Crippen molar-refractivity contribution in [1.82, 2.24) is 0 Å². The van der Waals surface area contributed by atoms with Gasteiger partial charge >= 0.3 is 0 Å². The van der Waals surface area contributed by atoms with E-state index in [1.165, 1.54) is 6.92 Å². The van der Waals surface area contributed by atoms with Crippen molar-refractivity contribution in [3.8, 4) is 11.1 Å². The second kappa shape index (κ2) is 4.24. The lowest BCUT2D eigenvalue weighted by molar-refractivity contribution is 0.666. The third-order valence-corrected chi connectivity index (χ3v) is 3.05. The number of fused-ring (bicyclic) bond motifs is 3. The van der Waals surface area contributed by atoms with Crippen LogP contribution in [0.5, 0.6) is 0 Å². The molecule has 0 N–H and O–H groups in total. The van der Waals surface area contributed by atoms with Crippen LogP contribution in [0.4, 0.5) is 0 Å². The number of para-hydroxylation sites is 1. The largest absolute Gasteiger partial charge is 0.456 e. The van der Waals surface area contributed by atoms with E-state index in [-0.39, 0.29) is 44.7 Å². The second-order valence-corrected chi connectivity index (χ2v) is 4.26. The molecular formula is C19H14O. The van der Waals surface area contributed by atoms with E-state index in [2.05, 4.69) is 0 Å². The lowest BCUT2D eigenvalue weighted by Crippen LogP contribution is -1.78. The molecule has 1 nitrogen and oxygen atoms in total. The molecule has 0 bridgehead atoms. The van der Waals surface area contributed by atoms with Crippen molar-refractivity contribution >= 4 is 21.9 Å². The molecule has 0 saturated heterocycles. The van der Waals surface area contributed by atoms with Crippen molar-refractivity contribution in [2.24, 2.45) is 0 Å². The second-order valence-electron chi connectivity index (χ2n) is 4.26. The fourth-order valence-electron chi connectivity index (χ4n) is 2.16. The molecule has 0 radical (unpaired) electrons. The zero-order valence-corrected chi connectivity index (χ0v) is 10.4. The van der Waals surface area contributed by atoms with Gasteiger partial charge in [-0.15, -0.1) is 0 Å². The number of benzene rings is 3. The first-order valence-electron chi connectivity index (χ1n) is 11.4. The fourth-order valence-corrected chi connectivity index (χ4v) is 2.16. The first-order valence-corrected chi connectivity index (χ1v) is 5.91. The van der Waals surface area contributed by atoms with E-state index in [1.54, 1.807) is 0 Å². The molecule has 4 rings (SSSR count). The first-order chi connectivity index (χ1) is 14.4. The van der Waals surface area contributed by atoms with Gasteiger partial charge in [0, 0.05) is 10.8 Å². The topological polar surface area (TPSA) is 13.1 Å². The van der Waals surface area contributed by atoms with E-state index in [9.17, 15) is 0 Å². The van der Waals surface area contributed by atoms with Crippen LogP contribution >= 0.6 is 0 Å². The summed E-state index contributed by atoms with van der Waals surface area (Å²) < 4.78 is 95.4. The van der Waals surface area contributed by atoms with Gasteiger partial charge < -0.3 is 4.42 Å². The molecule has 3 aromatic carbocycles. The molecule has 0 saturated carbocycles. The third kappa shape index (κ3) is 1.56.